The van der Waals surface area contributed by atoms with E-state index in [0.717, 1.165) is 11.1 Å². The van der Waals surface area contributed by atoms with Gasteiger partial charge in [0.15, 0.2) is 22.9 Å². The van der Waals surface area contributed by atoms with Crippen LogP contribution in [0.1, 0.15) is 53.2 Å². The van der Waals surface area contributed by atoms with Crippen molar-refractivity contribution in [2.24, 2.45) is 0 Å². The number of carbonyl (C=O) groups excluding carboxylic acids is 2. The number of amides is 1. The summed E-state index contributed by atoms with van der Waals surface area (Å²) in [5.74, 6) is 0.862. The zero-order chi connectivity index (χ0) is 23.2. The van der Waals surface area contributed by atoms with E-state index >= 15 is 0 Å². The van der Waals surface area contributed by atoms with Crippen LogP contribution >= 0.6 is 0 Å². The van der Waals surface area contributed by atoms with Gasteiger partial charge in [-0.3, -0.25) is 9.59 Å². The van der Waals surface area contributed by atoms with E-state index in [2.05, 4.69) is 13.8 Å². The third-order valence-corrected chi connectivity index (χ3v) is 6.33. The number of rotatable bonds is 6. The van der Waals surface area contributed by atoms with Crippen molar-refractivity contribution in [2.45, 2.75) is 38.3 Å². The van der Waals surface area contributed by atoms with Gasteiger partial charge in [-0.25, -0.2) is 0 Å². The molecule has 0 spiro atoms. The number of carbonyl (C=O) groups is 2. The van der Waals surface area contributed by atoms with Gasteiger partial charge in [-0.1, -0.05) is 62.4 Å². The number of ketones is 1. The summed E-state index contributed by atoms with van der Waals surface area (Å²) in [5, 5.41) is 11.5. The Morgan fingerprint density at radius 2 is 1.76 bits per heavy atom. The Hall–Kier alpha value is -3.64. The predicted octanol–water partition coefficient (Wildman–Crippen LogP) is 4.55. The fourth-order valence-corrected chi connectivity index (χ4v) is 4.44. The molecule has 0 bridgehead atoms. The molecule has 0 saturated heterocycles. The molecule has 1 atom stereocenters. The van der Waals surface area contributed by atoms with Gasteiger partial charge in [0, 0.05) is 11.1 Å². The summed E-state index contributed by atoms with van der Waals surface area (Å²) in [6.07, 6.45) is -0.318. The van der Waals surface area contributed by atoms with Gasteiger partial charge < -0.3 is 19.5 Å². The Labute approximate surface area is 192 Å². The molecule has 5 rings (SSSR count). The number of fused-ring (bicyclic) bond motifs is 2. The van der Waals surface area contributed by atoms with Gasteiger partial charge >= 0.3 is 0 Å². The molecule has 0 aromatic heterocycles. The van der Waals surface area contributed by atoms with Crippen LogP contribution < -0.4 is 14.4 Å². The first-order chi connectivity index (χ1) is 15.9. The van der Waals surface area contributed by atoms with E-state index in [0.29, 0.717) is 34.2 Å². The molecule has 2 heterocycles. The molecular weight excluding hydrogens is 418 g/mol. The Morgan fingerprint density at radius 3 is 2.52 bits per heavy atom. The van der Waals surface area contributed by atoms with Crippen molar-refractivity contribution in [1.29, 1.82) is 0 Å². The van der Waals surface area contributed by atoms with E-state index in [9.17, 15) is 14.7 Å². The number of aliphatic hydroxyl groups is 1. The second-order valence-electron chi connectivity index (χ2n) is 8.83. The average molecular weight is 443 g/mol. The van der Waals surface area contributed by atoms with Gasteiger partial charge in [0.25, 0.3) is 5.91 Å². The summed E-state index contributed by atoms with van der Waals surface area (Å²) in [7, 11) is 0. The van der Waals surface area contributed by atoms with Crippen molar-refractivity contribution in [3.63, 3.8) is 0 Å². The molecular formula is C27H25NO5. The maximum Gasteiger partial charge on any atom is 0.264 e. The Bertz CT molecular complexity index is 1230. The van der Waals surface area contributed by atoms with Crippen molar-refractivity contribution < 1.29 is 24.2 Å². The molecule has 168 valence electrons. The second kappa shape index (κ2) is 8.05. The van der Waals surface area contributed by atoms with Crippen LogP contribution in [0.2, 0.25) is 0 Å². The number of para-hydroxylation sites is 1. The minimum atomic E-state index is -1.92. The molecule has 6 nitrogen and oxygen atoms in total. The quantitative estimate of drug-likeness (QED) is 0.566. The molecule has 1 N–H and O–H groups in total. The van der Waals surface area contributed by atoms with Crippen LogP contribution in [0.3, 0.4) is 0 Å². The first-order valence-corrected chi connectivity index (χ1v) is 11.0. The zero-order valence-electron chi connectivity index (χ0n) is 18.6. The van der Waals surface area contributed by atoms with Gasteiger partial charge in [-0.2, -0.15) is 0 Å². The Morgan fingerprint density at radius 1 is 1.03 bits per heavy atom. The van der Waals surface area contributed by atoms with Crippen molar-refractivity contribution in [3.05, 3.63) is 89.0 Å². The van der Waals surface area contributed by atoms with Crippen LogP contribution in [0, 0.1) is 0 Å². The van der Waals surface area contributed by atoms with Crippen LogP contribution in [0.15, 0.2) is 66.7 Å². The molecule has 33 heavy (non-hydrogen) atoms. The van der Waals surface area contributed by atoms with E-state index in [1.54, 1.807) is 36.4 Å². The predicted molar refractivity (Wildman–Crippen MR) is 124 cm³/mol. The number of nitrogens with zero attached hydrogens (tertiary/aromatic N) is 1. The zero-order valence-corrected chi connectivity index (χ0v) is 18.6. The smallest absolute Gasteiger partial charge is 0.264 e. The van der Waals surface area contributed by atoms with Crippen molar-refractivity contribution in [2.75, 3.05) is 11.7 Å². The topological polar surface area (TPSA) is 76.1 Å². The fraction of sp³-hybridized carbons (Fsp3) is 0.259. The molecule has 0 saturated carbocycles. The van der Waals surface area contributed by atoms with Crippen LogP contribution in [-0.4, -0.2) is 23.6 Å². The lowest BCUT2D eigenvalue weighted by atomic mass is 9.87. The lowest BCUT2D eigenvalue weighted by Gasteiger charge is -2.23. The van der Waals surface area contributed by atoms with E-state index in [1.807, 2.05) is 30.3 Å². The van der Waals surface area contributed by atoms with E-state index < -0.39 is 11.5 Å². The summed E-state index contributed by atoms with van der Waals surface area (Å²) in [4.78, 5) is 28.1. The number of hydrogen-bond donors (Lipinski definition) is 1. The standard InChI is InChI=1S/C27H25NO5/c1-17(2)19-8-10-20(11-9-19)23(29)14-27(31)21-5-3-4-6-22(21)28(26(27)30)15-18-7-12-24-25(13-18)33-16-32-24/h3-13,17,31H,14-16H2,1-2H3/t27-/m0/s1. The molecule has 2 aliphatic rings. The number of benzene rings is 3. The fourth-order valence-electron chi connectivity index (χ4n) is 4.44. The second-order valence-corrected chi connectivity index (χ2v) is 8.83. The molecule has 0 unspecified atom stereocenters. The highest BCUT2D eigenvalue weighted by molar-refractivity contribution is 6.10. The first kappa shape index (κ1) is 21.2. The van der Waals surface area contributed by atoms with Crippen LogP contribution in [0.4, 0.5) is 5.69 Å². The largest absolute Gasteiger partial charge is 0.454 e. The molecule has 3 aromatic rings. The number of ether oxygens (including phenoxy) is 2. The highest BCUT2D eigenvalue weighted by Crippen LogP contribution is 2.44. The highest BCUT2D eigenvalue weighted by atomic mass is 16.7. The summed E-state index contributed by atoms with van der Waals surface area (Å²) in [6, 6.07) is 19.9. The van der Waals surface area contributed by atoms with Gasteiger partial charge in [0.05, 0.1) is 18.7 Å². The SMILES string of the molecule is CC(C)c1ccc(C(=O)C[C@@]2(O)C(=O)N(Cc3ccc4c(c3)OCO4)c3ccccc32)cc1. The number of Topliss-reactive ketones (excluding diaryl/α,β-unsaturated/α-hetero) is 1. The summed E-state index contributed by atoms with van der Waals surface area (Å²) in [5.41, 5.74) is 1.58. The van der Waals surface area contributed by atoms with Crippen LogP contribution in [0.5, 0.6) is 11.5 Å². The average Bonchev–Trinajstić information content (AvgIpc) is 3.36. The monoisotopic (exact) mass is 443 g/mol. The molecule has 2 aliphatic heterocycles. The molecule has 0 aliphatic carbocycles. The third kappa shape index (κ3) is 3.66. The summed E-state index contributed by atoms with van der Waals surface area (Å²) < 4.78 is 10.8. The van der Waals surface area contributed by atoms with Crippen molar-refractivity contribution in [3.8, 4) is 11.5 Å². The van der Waals surface area contributed by atoms with Crippen LogP contribution in [0.25, 0.3) is 0 Å². The lowest BCUT2D eigenvalue weighted by Crippen LogP contribution is -2.41. The van der Waals surface area contributed by atoms with Gasteiger partial charge in [-0.05, 0) is 35.2 Å². The van der Waals surface area contributed by atoms with E-state index in [1.165, 1.54) is 4.90 Å². The minimum Gasteiger partial charge on any atom is -0.454 e. The molecule has 1 amide bonds. The minimum absolute atomic E-state index is 0.171. The van der Waals surface area contributed by atoms with Crippen molar-refractivity contribution in [1.82, 2.24) is 0 Å². The maximum absolute atomic E-state index is 13.5. The number of anilines is 1. The number of hydrogen-bond acceptors (Lipinski definition) is 5. The molecule has 3 aromatic carbocycles. The Balaban J connectivity index is 1.43. The molecule has 0 radical (unpaired) electrons. The molecule has 0 fully saturated rings. The van der Waals surface area contributed by atoms with Gasteiger partial charge in [0.2, 0.25) is 6.79 Å². The molecule has 6 heteroatoms. The van der Waals surface area contributed by atoms with Crippen molar-refractivity contribution >= 4 is 17.4 Å². The normalized spacial score (nSPS) is 18.7. The summed E-state index contributed by atoms with van der Waals surface area (Å²) in [6.45, 7) is 4.58. The van der Waals surface area contributed by atoms with Gasteiger partial charge in [-0.15, -0.1) is 0 Å². The third-order valence-electron chi connectivity index (χ3n) is 6.33. The van der Waals surface area contributed by atoms with E-state index in [-0.39, 0.29) is 25.5 Å². The maximum atomic E-state index is 13.5. The first-order valence-electron chi connectivity index (χ1n) is 11.0. The Kier molecular flexibility index (Phi) is 5.17. The van der Waals surface area contributed by atoms with Gasteiger partial charge in [0.1, 0.15) is 0 Å². The highest BCUT2D eigenvalue weighted by Gasteiger charge is 2.50. The summed E-state index contributed by atoms with van der Waals surface area (Å²) >= 11 is 0. The lowest BCUT2D eigenvalue weighted by molar-refractivity contribution is -0.136. The van der Waals surface area contributed by atoms with E-state index in [4.69, 9.17) is 9.47 Å². The van der Waals surface area contributed by atoms with Crippen LogP contribution in [-0.2, 0) is 16.9 Å².